The number of nitrogens with zero attached hydrogens (tertiary/aromatic N) is 2. The third kappa shape index (κ3) is 2.21. The summed E-state index contributed by atoms with van der Waals surface area (Å²) in [7, 11) is 0. The van der Waals surface area contributed by atoms with Crippen LogP contribution in [-0.2, 0) is 0 Å². The van der Waals surface area contributed by atoms with E-state index in [0.717, 1.165) is 28.7 Å². The largest absolute Gasteiger partial charge is 0.441 e. The summed E-state index contributed by atoms with van der Waals surface area (Å²) in [6, 6.07) is 7.64. The maximum atomic E-state index is 5.50. The van der Waals surface area contributed by atoms with Crippen LogP contribution < -0.4 is 5.32 Å². The van der Waals surface area contributed by atoms with Gasteiger partial charge in [-0.1, -0.05) is 0 Å². The molecule has 1 aliphatic carbocycles. The van der Waals surface area contributed by atoms with Crippen molar-refractivity contribution in [2.45, 2.75) is 38.3 Å². The minimum absolute atomic E-state index is 0.575. The zero-order valence-corrected chi connectivity index (χ0v) is 11.2. The summed E-state index contributed by atoms with van der Waals surface area (Å²) in [5.41, 5.74) is 2.97. The molecule has 2 fully saturated rings. The van der Waals surface area contributed by atoms with E-state index in [-0.39, 0.29) is 0 Å². The highest BCUT2D eigenvalue weighted by molar-refractivity contribution is 5.77. The topological polar surface area (TPSA) is 41.3 Å². The first kappa shape index (κ1) is 11.3. The molecular formula is C15H19N3O. The molecule has 2 aromatic rings. The summed E-state index contributed by atoms with van der Waals surface area (Å²) in [5.74, 6) is 0.730. The molecule has 4 rings (SSSR count). The summed E-state index contributed by atoms with van der Waals surface area (Å²) in [6.45, 7) is 4.31. The maximum Gasteiger partial charge on any atom is 0.192 e. The highest BCUT2D eigenvalue weighted by atomic mass is 16.3. The standard InChI is InChI=1S/C15H19N3O/c1-10-16-14-8-11(2-5-15(14)19-10)17-12-6-7-18(9-12)13-3-4-13/h2,5,8,12-13,17H,3-4,6-7,9H2,1H3. The molecule has 1 saturated heterocycles. The van der Waals surface area contributed by atoms with Crippen LogP contribution in [0.15, 0.2) is 22.6 Å². The van der Waals surface area contributed by atoms with Crippen molar-refractivity contribution < 1.29 is 4.42 Å². The fourth-order valence-corrected chi connectivity index (χ4v) is 3.04. The number of rotatable bonds is 3. The van der Waals surface area contributed by atoms with Crippen LogP contribution in [0.3, 0.4) is 0 Å². The summed E-state index contributed by atoms with van der Waals surface area (Å²) >= 11 is 0. The minimum atomic E-state index is 0.575. The molecule has 19 heavy (non-hydrogen) atoms. The van der Waals surface area contributed by atoms with Crippen molar-refractivity contribution in [3.8, 4) is 0 Å². The van der Waals surface area contributed by atoms with Crippen LogP contribution in [0.5, 0.6) is 0 Å². The van der Waals surface area contributed by atoms with Gasteiger partial charge in [0.15, 0.2) is 11.5 Å². The van der Waals surface area contributed by atoms with E-state index in [1.165, 1.54) is 32.4 Å². The van der Waals surface area contributed by atoms with E-state index in [1.807, 2.05) is 13.0 Å². The van der Waals surface area contributed by atoms with E-state index >= 15 is 0 Å². The van der Waals surface area contributed by atoms with Gasteiger partial charge in [0.25, 0.3) is 0 Å². The van der Waals surface area contributed by atoms with Crippen LogP contribution in [0.4, 0.5) is 5.69 Å². The molecule has 1 N–H and O–H groups in total. The molecule has 2 aliphatic rings. The second-order valence-electron chi connectivity index (χ2n) is 5.77. The molecule has 1 atom stereocenters. The van der Waals surface area contributed by atoms with Crippen LogP contribution >= 0.6 is 0 Å². The van der Waals surface area contributed by atoms with E-state index in [4.69, 9.17) is 4.42 Å². The quantitative estimate of drug-likeness (QED) is 0.918. The zero-order chi connectivity index (χ0) is 12.8. The maximum absolute atomic E-state index is 5.50. The van der Waals surface area contributed by atoms with Gasteiger partial charge in [0.2, 0.25) is 0 Å². The number of hydrogen-bond donors (Lipinski definition) is 1. The van der Waals surface area contributed by atoms with Crippen LogP contribution in [-0.4, -0.2) is 35.1 Å². The second kappa shape index (κ2) is 4.23. The third-order valence-electron chi connectivity index (χ3n) is 4.15. The molecule has 1 aromatic carbocycles. The first-order chi connectivity index (χ1) is 9.28. The Hall–Kier alpha value is -1.55. The summed E-state index contributed by atoms with van der Waals surface area (Å²) in [5, 5.41) is 3.63. The monoisotopic (exact) mass is 257 g/mol. The Bertz CT molecular complexity index is 602. The number of aromatic nitrogens is 1. The van der Waals surface area contributed by atoms with Gasteiger partial charge < -0.3 is 9.73 Å². The molecule has 0 amide bonds. The van der Waals surface area contributed by atoms with E-state index in [2.05, 4.69) is 27.3 Å². The van der Waals surface area contributed by atoms with Gasteiger partial charge in [-0.2, -0.15) is 0 Å². The van der Waals surface area contributed by atoms with Crippen molar-refractivity contribution >= 4 is 16.8 Å². The Morgan fingerprint density at radius 3 is 3.05 bits per heavy atom. The first-order valence-electron chi connectivity index (χ1n) is 7.16. The average Bonchev–Trinajstić information content (AvgIpc) is 3.02. The van der Waals surface area contributed by atoms with E-state index < -0.39 is 0 Å². The number of aryl methyl sites for hydroxylation is 1. The zero-order valence-electron chi connectivity index (χ0n) is 11.2. The van der Waals surface area contributed by atoms with Crippen molar-refractivity contribution in [1.82, 2.24) is 9.88 Å². The normalized spacial score (nSPS) is 24.2. The molecular weight excluding hydrogens is 238 g/mol. The number of oxazole rings is 1. The van der Waals surface area contributed by atoms with Gasteiger partial charge in [0.05, 0.1) is 0 Å². The number of anilines is 1. The average molecular weight is 257 g/mol. The SMILES string of the molecule is Cc1nc2cc(NC3CCN(C4CC4)C3)ccc2o1. The summed E-state index contributed by atoms with van der Waals surface area (Å²) in [6.07, 6.45) is 4.04. The van der Waals surface area contributed by atoms with Gasteiger partial charge >= 0.3 is 0 Å². The molecule has 100 valence electrons. The molecule has 1 saturated carbocycles. The third-order valence-corrected chi connectivity index (χ3v) is 4.15. The molecule has 2 heterocycles. The predicted octanol–water partition coefficient (Wildman–Crippen LogP) is 2.78. The fraction of sp³-hybridized carbons (Fsp3) is 0.533. The highest BCUT2D eigenvalue weighted by Gasteiger charge is 2.34. The molecule has 0 spiro atoms. The lowest BCUT2D eigenvalue weighted by Crippen LogP contribution is -2.27. The van der Waals surface area contributed by atoms with Gasteiger partial charge in [-0.05, 0) is 37.5 Å². The number of hydrogen-bond acceptors (Lipinski definition) is 4. The highest BCUT2D eigenvalue weighted by Crippen LogP contribution is 2.31. The van der Waals surface area contributed by atoms with Gasteiger partial charge in [0, 0.05) is 37.8 Å². The predicted molar refractivity (Wildman–Crippen MR) is 75.4 cm³/mol. The molecule has 1 unspecified atom stereocenters. The molecule has 1 aromatic heterocycles. The Morgan fingerprint density at radius 1 is 1.32 bits per heavy atom. The minimum Gasteiger partial charge on any atom is -0.441 e. The van der Waals surface area contributed by atoms with Crippen LogP contribution in [0.2, 0.25) is 0 Å². The Balaban J connectivity index is 1.48. The van der Waals surface area contributed by atoms with E-state index in [1.54, 1.807) is 0 Å². The van der Waals surface area contributed by atoms with Gasteiger partial charge in [-0.25, -0.2) is 4.98 Å². The Labute approximate surface area is 112 Å². The molecule has 4 heteroatoms. The smallest absolute Gasteiger partial charge is 0.192 e. The number of nitrogens with one attached hydrogen (secondary N) is 1. The number of fused-ring (bicyclic) bond motifs is 1. The van der Waals surface area contributed by atoms with Gasteiger partial charge in [0.1, 0.15) is 5.52 Å². The van der Waals surface area contributed by atoms with Crippen molar-refractivity contribution in [3.63, 3.8) is 0 Å². The fourth-order valence-electron chi connectivity index (χ4n) is 3.04. The molecule has 1 aliphatic heterocycles. The molecule has 4 nitrogen and oxygen atoms in total. The van der Waals surface area contributed by atoms with Gasteiger partial charge in [-0.15, -0.1) is 0 Å². The Morgan fingerprint density at radius 2 is 2.21 bits per heavy atom. The van der Waals surface area contributed by atoms with Crippen LogP contribution in [0.1, 0.15) is 25.2 Å². The van der Waals surface area contributed by atoms with E-state index in [9.17, 15) is 0 Å². The van der Waals surface area contributed by atoms with Crippen molar-refractivity contribution in [3.05, 3.63) is 24.1 Å². The Kier molecular flexibility index (Phi) is 2.52. The van der Waals surface area contributed by atoms with Crippen molar-refractivity contribution in [1.29, 1.82) is 0 Å². The number of likely N-dealkylation sites (tertiary alicyclic amines) is 1. The summed E-state index contributed by atoms with van der Waals surface area (Å²) in [4.78, 5) is 7.01. The van der Waals surface area contributed by atoms with E-state index in [0.29, 0.717) is 6.04 Å². The van der Waals surface area contributed by atoms with Crippen LogP contribution in [0.25, 0.3) is 11.1 Å². The van der Waals surface area contributed by atoms with Gasteiger partial charge in [-0.3, -0.25) is 4.90 Å². The lowest BCUT2D eigenvalue weighted by atomic mass is 10.2. The number of benzene rings is 1. The van der Waals surface area contributed by atoms with Crippen molar-refractivity contribution in [2.24, 2.45) is 0 Å². The summed E-state index contributed by atoms with van der Waals surface area (Å²) < 4.78 is 5.50. The first-order valence-corrected chi connectivity index (χ1v) is 7.16. The lowest BCUT2D eigenvalue weighted by molar-refractivity contribution is 0.326. The van der Waals surface area contributed by atoms with Crippen LogP contribution in [0, 0.1) is 6.92 Å². The molecule has 0 bridgehead atoms. The van der Waals surface area contributed by atoms with Crippen molar-refractivity contribution in [2.75, 3.05) is 18.4 Å². The second-order valence-corrected chi connectivity index (χ2v) is 5.77. The molecule has 0 radical (unpaired) electrons. The lowest BCUT2D eigenvalue weighted by Gasteiger charge is -2.16.